The summed E-state index contributed by atoms with van der Waals surface area (Å²) in [7, 11) is 0. The Balaban J connectivity index is 0.937. The number of para-hydroxylation sites is 1. The molecular formula is C63H41N3. The predicted octanol–water partition coefficient (Wildman–Crippen LogP) is 17.3. The molecule has 0 saturated carbocycles. The maximum absolute atomic E-state index is 5.51. The van der Waals surface area contributed by atoms with E-state index >= 15 is 0 Å². The molecule has 0 unspecified atom stereocenters. The largest absolute Gasteiger partial charge is 0.311 e. The summed E-state index contributed by atoms with van der Waals surface area (Å²) >= 11 is 0. The second-order valence-corrected chi connectivity index (χ2v) is 17.1. The predicted molar refractivity (Wildman–Crippen MR) is 280 cm³/mol. The number of rotatable bonds is 7. The van der Waals surface area contributed by atoms with Gasteiger partial charge in [0.2, 0.25) is 0 Å². The number of aromatic nitrogens is 2. The van der Waals surface area contributed by atoms with Gasteiger partial charge in [-0.15, -0.1) is 0 Å². The molecule has 308 valence electrons. The van der Waals surface area contributed by atoms with Crippen LogP contribution in [0.2, 0.25) is 0 Å². The third kappa shape index (κ3) is 6.17. The van der Waals surface area contributed by atoms with Gasteiger partial charge in [0.1, 0.15) is 5.82 Å². The van der Waals surface area contributed by atoms with Crippen LogP contribution in [0.25, 0.3) is 104 Å². The number of nitrogens with zero attached hydrogens (tertiary/aromatic N) is 3. The van der Waals surface area contributed by atoms with Gasteiger partial charge in [0.05, 0.1) is 11.0 Å². The van der Waals surface area contributed by atoms with Crippen LogP contribution in [-0.4, -0.2) is 9.55 Å². The van der Waals surface area contributed by atoms with E-state index in [0.717, 1.165) is 50.6 Å². The molecule has 3 nitrogen and oxygen atoms in total. The van der Waals surface area contributed by atoms with Gasteiger partial charge in [-0.3, -0.25) is 4.57 Å². The standard InChI is InChI=1S/C63H41N3/c1-3-15-42(16-4-1)43-27-34-48(35-28-43)65(49-36-29-44(30-37-49)46-33-40-57-53-21-8-7-19-51(53)52-20-9-10-24-56(52)60(57)41-46)50-38-31-45(32-39-50)63-64-61-58-25-13-11-22-54(58)55-23-12-14-26-59(55)62(61)66(63)47-17-5-2-6-18-47/h1-41H. The molecular weight excluding hydrogens is 799 g/mol. The number of hydrogen-bond donors (Lipinski definition) is 0. The fraction of sp³-hybridized carbons (Fsp3) is 0. The normalized spacial score (nSPS) is 11.6. The lowest BCUT2D eigenvalue weighted by molar-refractivity contribution is 1.11. The van der Waals surface area contributed by atoms with Crippen LogP contribution in [0, 0.1) is 0 Å². The zero-order valence-corrected chi connectivity index (χ0v) is 36.0. The lowest BCUT2D eigenvalue weighted by Crippen LogP contribution is -2.10. The van der Waals surface area contributed by atoms with Crippen LogP contribution in [0.5, 0.6) is 0 Å². The molecule has 3 heteroatoms. The van der Waals surface area contributed by atoms with Crippen molar-refractivity contribution in [2.75, 3.05) is 4.90 Å². The van der Waals surface area contributed by atoms with Crippen molar-refractivity contribution in [1.82, 2.24) is 9.55 Å². The number of anilines is 3. The summed E-state index contributed by atoms with van der Waals surface area (Å²) in [5.41, 5.74) is 12.2. The molecule has 0 amide bonds. The van der Waals surface area contributed by atoms with Crippen LogP contribution in [0.4, 0.5) is 17.1 Å². The summed E-state index contributed by atoms with van der Waals surface area (Å²) in [6.07, 6.45) is 0. The van der Waals surface area contributed by atoms with Gasteiger partial charge in [0, 0.05) is 39.1 Å². The maximum Gasteiger partial charge on any atom is 0.145 e. The van der Waals surface area contributed by atoms with Crippen molar-refractivity contribution >= 4 is 82.0 Å². The lowest BCUT2D eigenvalue weighted by atomic mass is 9.92. The van der Waals surface area contributed by atoms with E-state index in [4.69, 9.17) is 4.98 Å². The van der Waals surface area contributed by atoms with E-state index in [2.05, 4.69) is 258 Å². The topological polar surface area (TPSA) is 21.1 Å². The van der Waals surface area contributed by atoms with Gasteiger partial charge < -0.3 is 4.90 Å². The van der Waals surface area contributed by atoms with Gasteiger partial charge in [0.25, 0.3) is 0 Å². The first kappa shape index (κ1) is 37.7. The quantitative estimate of drug-likeness (QED) is 0.149. The first-order valence-corrected chi connectivity index (χ1v) is 22.6. The summed E-state index contributed by atoms with van der Waals surface area (Å²) in [6.45, 7) is 0. The molecule has 0 saturated heterocycles. The summed E-state index contributed by atoms with van der Waals surface area (Å²) in [4.78, 5) is 7.86. The van der Waals surface area contributed by atoms with Crippen molar-refractivity contribution in [3.8, 4) is 39.3 Å². The van der Waals surface area contributed by atoms with E-state index in [1.807, 2.05) is 0 Å². The highest BCUT2D eigenvalue weighted by Crippen LogP contribution is 2.42. The van der Waals surface area contributed by atoms with Crippen molar-refractivity contribution in [3.05, 3.63) is 249 Å². The van der Waals surface area contributed by atoms with E-state index in [1.54, 1.807) is 0 Å². The van der Waals surface area contributed by atoms with E-state index in [0.29, 0.717) is 0 Å². The fourth-order valence-electron chi connectivity index (χ4n) is 10.3. The highest BCUT2D eigenvalue weighted by Gasteiger charge is 2.21. The Labute approximate surface area is 382 Å². The second kappa shape index (κ2) is 15.5. The molecule has 13 rings (SSSR count). The Morgan fingerprint density at radius 2 is 0.636 bits per heavy atom. The molecule has 0 fully saturated rings. The fourth-order valence-corrected chi connectivity index (χ4v) is 10.3. The molecule has 0 aliphatic heterocycles. The number of fused-ring (bicyclic) bond motifs is 12. The Hall–Kier alpha value is -8.79. The molecule has 0 bridgehead atoms. The van der Waals surface area contributed by atoms with Crippen molar-refractivity contribution in [2.45, 2.75) is 0 Å². The maximum atomic E-state index is 5.51. The molecule has 0 N–H and O–H groups in total. The van der Waals surface area contributed by atoms with E-state index in [1.165, 1.54) is 70.7 Å². The van der Waals surface area contributed by atoms with Crippen LogP contribution in [0.15, 0.2) is 249 Å². The van der Waals surface area contributed by atoms with Crippen molar-refractivity contribution < 1.29 is 0 Å². The third-order valence-electron chi connectivity index (χ3n) is 13.4. The molecule has 0 aliphatic carbocycles. The number of imidazole rings is 1. The minimum Gasteiger partial charge on any atom is -0.311 e. The Kier molecular flexibility index (Phi) is 8.85. The van der Waals surface area contributed by atoms with Crippen LogP contribution >= 0.6 is 0 Å². The van der Waals surface area contributed by atoms with Crippen LogP contribution in [-0.2, 0) is 0 Å². The molecule has 0 atom stereocenters. The summed E-state index contributed by atoms with van der Waals surface area (Å²) in [5, 5.41) is 12.5. The lowest BCUT2D eigenvalue weighted by Gasteiger charge is -2.26. The SMILES string of the molecule is c1ccc(-c2ccc(N(c3ccc(-c4ccc5c6ccccc6c6ccccc6c5c4)cc3)c3ccc(-c4nc5c6ccccc6c6ccccc6c5n4-c4ccccc4)cc3)cc2)cc1. The van der Waals surface area contributed by atoms with Gasteiger partial charge in [0.15, 0.2) is 0 Å². The molecule has 12 aromatic carbocycles. The van der Waals surface area contributed by atoms with Crippen LogP contribution in [0.1, 0.15) is 0 Å². The smallest absolute Gasteiger partial charge is 0.145 e. The van der Waals surface area contributed by atoms with Crippen molar-refractivity contribution in [3.63, 3.8) is 0 Å². The number of benzene rings is 12. The summed E-state index contributed by atoms with van der Waals surface area (Å²) in [6, 6.07) is 89.9. The second-order valence-electron chi connectivity index (χ2n) is 17.1. The van der Waals surface area contributed by atoms with Gasteiger partial charge in [-0.1, -0.05) is 182 Å². The molecule has 1 heterocycles. The molecule has 0 aliphatic rings. The number of hydrogen-bond acceptors (Lipinski definition) is 2. The third-order valence-corrected chi connectivity index (χ3v) is 13.4. The minimum absolute atomic E-state index is 0.906. The van der Waals surface area contributed by atoms with Gasteiger partial charge >= 0.3 is 0 Å². The monoisotopic (exact) mass is 839 g/mol. The minimum atomic E-state index is 0.906. The molecule has 66 heavy (non-hydrogen) atoms. The Morgan fingerprint density at radius 3 is 1.18 bits per heavy atom. The van der Waals surface area contributed by atoms with Crippen LogP contribution < -0.4 is 4.90 Å². The summed E-state index contributed by atoms with van der Waals surface area (Å²) < 4.78 is 2.34. The Bertz CT molecular complexity index is 3910. The van der Waals surface area contributed by atoms with Crippen LogP contribution in [0.3, 0.4) is 0 Å². The first-order valence-electron chi connectivity index (χ1n) is 22.6. The molecule has 0 spiro atoms. The van der Waals surface area contributed by atoms with E-state index in [-0.39, 0.29) is 0 Å². The van der Waals surface area contributed by atoms with Gasteiger partial charge in [-0.2, -0.15) is 0 Å². The zero-order chi connectivity index (χ0) is 43.6. The molecule has 0 radical (unpaired) electrons. The van der Waals surface area contributed by atoms with Gasteiger partial charge in [-0.25, -0.2) is 4.98 Å². The van der Waals surface area contributed by atoms with Gasteiger partial charge in [-0.05, 0) is 132 Å². The average Bonchev–Trinajstić information content (AvgIpc) is 3.81. The Morgan fingerprint density at radius 1 is 0.273 bits per heavy atom. The van der Waals surface area contributed by atoms with Crippen molar-refractivity contribution in [2.24, 2.45) is 0 Å². The molecule has 1 aromatic heterocycles. The highest BCUT2D eigenvalue weighted by atomic mass is 15.1. The first-order chi connectivity index (χ1) is 32.7. The molecule has 13 aromatic rings. The van der Waals surface area contributed by atoms with E-state index in [9.17, 15) is 0 Å². The van der Waals surface area contributed by atoms with Crippen molar-refractivity contribution in [1.29, 1.82) is 0 Å². The van der Waals surface area contributed by atoms with E-state index < -0.39 is 0 Å². The average molecular weight is 840 g/mol. The highest BCUT2D eigenvalue weighted by molar-refractivity contribution is 6.26. The zero-order valence-electron chi connectivity index (χ0n) is 36.0. The summed E-state index contributed by atoms with van der Waals surface area (Å²) in [5.74, 6) is 0.906.